The third kappa shape index (κ3) is 2.74. The molecule has 2 amide bonds. The fraction of sp³-hybridized carbons (Fsp3) is 0.167. The van der Waals surface area contributed by atoms with Crippen LogP contribution in [0.2, 0.25) is 0 Å². The van der Waals surface area contributed by atoms with E-state index in [1.54, 1.807) is 11.1 Å². The summed E-state index contributed by atoms with van der Waals surface area (Å²) >= 11 is 0. The standard InChI is InChI=1S/C24H20N2O3/c1-16-10-8-9-15-19(16)25-23(27)20-21(17-11-4-2-5-12-17)26(29-22(20)24(25)28)18-13-6-3-7-14-18/h2-15,20-22H,1H3. The van der Waals surface area contributed by atoms with Gasteiger partial charge in [-0.1, -0.05) is 66.7 Å². The predicted molar refractivity (Wildman–Crippen MR) is 110 cm³/mol. The van der Waals surface area contributed by atoms with Crippen molar-refractivity contribution in [3.63, 3.8) is 0 Å². The SMILES string of the molecule is Cc1ccccc1N1C(=O)C2ON(c3ccccc3)C(c3ccccc3)C2C1=O. The molecule has 2 saturated heterocycles. The minimum absolute atomic E-state index is 0.221. The van der Waals surface area contributed by atoms with Crippen LogP contribution in [0.15, 0.2) is 84.9 Å². The van der Waals surface area contributed by atoms with Crippen LogP contribution in [0, 0.1) is 12.8 Å². The average molecular weight is 384 g/mol. The molecule has 144 valence electrons. The molecule has 0 spiro atoms. The number of hydrogen-bond donors (Lipinski definition) is 0. The van der Waals surface area contributed by atoms with E-state index in [0.717, 1.165) is 16.8 Å². The van der Waals surface area contributed by atoms with Crippen LogP contribution in [-0.4, -0.2) is 17.9 Å². The predicted octanol–water partition coefficient (Wildman–Crippen LogP) is 4.05. The first-order chi connectivity index (χ1) is 14.2. The van der Waals surface area contributed by atoms with Gasteiger partial charge in [-0.25, -0.2) is 9.96 Å². The summed E-state index contributed by atoms with van der Waals surface area (Å²) < 4.78 is 0. The molecule has 3 aromatic carbocycles. The quantitative estimate of drug-likeness (QED) is 0.640. The molecular weight excluding hydrogens is 364 g/mol. The lowest BCUT2D eigenvalue weighted by Crippen LogP contribution is -2.37. The van der Waals surface area contributed by atoms with E-state index in [1.807, 2.05) is 85.8 Å². The molecule has 0 saturated carbocycles. The number of imide groups is 1. The summed E-state index contributed by atoms with van der Waals surface area (Å²) in [6.07, 6.45) is -0.840. The summed E-state index contributed by atoms with van der Waals surface area (Å²) in [5.74, 6) is -1.14. The highest BCUT2D eigenvalue weighted by molar-refractivity contribution is 6.24. The number of amides is 2. The van der Waals surface area contributed by atoms with Crippen molar-refractivity contribution in [3.8, 4) is 0 Å². The number of hydrogen-bond acceptors (Lipinski definition) is 4. The van der Waals surface area contributed by atoms with Crippen LogP contribution in [-0.2, 0) is 14.4 Å². The van der Waals surface area contributed by atoms with Gasteiger partial charge in [-0.3, -0.25) is 14.4 Å². The zero-order chi connectivity index (χ0) is 20.0. The molecule has 2 heterocycles. The smallest absolute Gasteiger partial charge is 0.266 e. The van der Waals surface area contributed by atoms with Gasteiger partial charge < -0.3 is 0 Å². The van der Waals surface area contributed by atoms with E-state index in [1.165, 1.54) is 4.90 Å². The molecule has 5 heteroatoms. The van der Waals surface area contributed by atoms with Gasteiger partial charge in [0.15, 0.2) is 6.10 Å². The Hall–Kier alpha value is -3.44. The van der Waals surface area contributed by atoms with Gasteiger partial charge in [-0.05, 0) is 36.2 Å². The molecule has 5 nitrogen and oxygen atoms in total. The molecule has 0 radical (unpaired) electrons. The van der Waals surface area contributed by atoms with Crippen LogP contribution < -0.4 is 9.96 Å². The van der Waals surface area contributed by atoms with E-state index in [4.69, 9.17) is 4.84 Å². The Bertz CT molecular complexity index is 1070. The summed E-state index contributed by atoms with van der Waals surface area (Å²) in [6.45, 7) is 1.90. The number of nitrogens with zero attached hydrogens (tertiary/aromatic N) is 2. The van der Waals surface area contributed by atoms with Crippen LogP contribution >= 0.6 is 0 Å². The number of carbonyl (C=O) groups excluding carboxylic acids is 2. The molecule has 0 aromatic heterocycles. The van der Waals surface area contributed by atoms with Crippen molar-refractivity contribution >= 4 is 23.2 Å². The minimum atomic E-state index is -0.840. The molecule has 2 aliphatic heterocycles. The van der Waals surface area contributed by atoms with Gasteiger partial charge in [0, 0.05) is 0 Å². The molecule has 3 atom stereocenters. The Balaban J connectivity index is 1.60. The maximum Gasteiger partial charge on any atom is 0.266 e. The highest BCUT2D eigenvalue weighted by atomic mass is 16.7. The maximum absolute atomic E-state index is 13.5. The van der Waals surface area contributed by atoms with E-state index < -0.39 is 12.0 Å². The Morgan fingerprint density at radius 2 is 1.38 bits per heavy atom. The van der Waals surface area contributed by atoms with Crippen LogP contribution in [0.25, 0.3) is 0 Å². The number of para-hydroxylation sites is 2. The van der Waals surface area contributed by atoms with Crippen LogP contribution in [0.3, 0.4) is 0 Å². The fourth-order valence-corrected chi connectivity index (χ4v) is 4.25. The number of anilines is 2. The molecule has 0 bridgehead atoms. The third-order valence-electron chi connectivity index (χ3n) is 5.62. The van der Waals surface area contributed by atoms with Crippen molar-refractivity contribution in [2.75, 3.05) is 9.96 Å². The number of carbonyl (C=O) groups is 2. The van der Waals surface area contributed by atoms with Crippen molar-refractivity contribution in [2.24, 2.45) is 5.92 Å². The van der Waals surface area contributed by atoms with Crippen molar-refractivity contribution in [1.29, 1.82) is 0 Å². The molecule has 2 aliphatic rings. The largest absolute Gasteiger partial charge is 0.273 e. The van der Waals surface area contributed by atoms with Crippen LogP contribution in [0.4, 0.5) is 11.4 Å². The monoisotopic (exact) mass is 384 g/mol. The highest BCUT2D eigenvalue weighted by Gasteiger charge is 2.60. The van der Waals surface area contributed by atoms with Gasteiger partial charge in [0.05, 0.1) is 17.4 Å². The molecule has 0 N–H and O–H groups in total. The number of aryl methyl sites for hydroxylation is 1. The van der Waals surface area contributed by atoms with Crippen molar-refractivity contribution < 1.29 is 14.4 Å². The highest BCUT2D eigenvalue weighted by Crippen LogP contribution is 2.47. The van der Waals surface area contributed by atoms with E-state index in [9.17, 15) is 9.59 Å². The third-order valence-corrected chi connectivity index (χ3v) is 5.62. The lowest BCUT2D eigenvalue weighted by atomic mass is 9.90. The summed E-state index contributed by atoms with van der Waals surface area (Å²) in [6, 6.07) is 26.4. The molecule has 3 unspecified atom stereocenters. The van der Waals surface area contributed by atoms with E-state index in [2.05, 4.69) is 0 Å². The number of fused-ring (bicyclic) bond motifs is 1. The zero-order valence-corrected chi connectivity index (χ0v) is 15.9. The number of hydroxylamine groups is 1. The second kappa shape index (κ2) is 6.87. The first kappa shape index (κ1) is 17.6. The minimum Gasteiger partial charge on any atom is -0.273 e. The average Bonchev–Trinajstić information content (AvgIpc) is 3.26. The molecule has 0 aliphatic carbocycles. The molecule has 29 heavy (non-hydrogen) atoms. The summed E-state index contributed by atoms with van der Waals surface area (Å²) in [5.41, 5.74) is 3.26. The van der Waals surface area contributed by atoms with Gasteiger partial charge in [-0.15, -0.1) is 0 Å². The van der Waals surface area contributed by atoms with E-state index in [0.29, 0.717) is 5.69 Å². The molecular formula is C24H20N2O3. The topological polar surface area (TPSA) is 49.9 Å². The Morgan fingerprint density at radius 1 is 0.759 bits per heavy atom. The van der Waals surface area contributed by atoms with Gasteiger partial charge in [0.2, 0.25) is 5.91 Å². The maximum atomic E-state index is 13.5. The fourth-order valence-electron chi connectivity index (χ4n) is 4.25. The molecule has 3 aromatic rings. The summed E-state index contributed by atoms with van der Waals surface area (Å²) in [7, 11) is 0. The summed E-state index contributed by atoms with van der Waals surface area (Å²) in [4.78, 5) is 34.2. The number of rotatable bonds is 3. The van der Waals surface area contributed by atoms with Crippen molar-refractivity contribution in [3.05, 3.63) is 96.1 Å². The summed E-state index contributed by atoms with van der Waals surface area (Å²) in [5, 5.41) is 1.72. The zero-order valence-electron chi connectivity index (χ0n) is 15.9. The lowest BCUT2D eigenvalue weighted by molar-refractivity contribution is -0.126. The second-order valence-corrected chi connectivity index (χ2v) is 7.37. The molecule has 5 rings (SSSR count). The second-order valence-electron chi connectivity index (χ2n) is 7.37. The molecule has 2 fully saturated rings. The van der Waals surface area contributed by atoms with Gasteiger partial charge in [0.25, 0.3) is 5.91 Å². The van der Waals surface area contributed by atoms with Crippen molar-refractivity contribution in [2.45, 2.75) is 19.1 Å². The lowest BCUT2D eigenvalue weighted by Gasteiger charge is -2.29. The van der Waals surface area contributed by atoms with Crippen LogP contribution in [0.5, 0.6) is 0 Å². The normalized spacial score (nSPS) is 23.6. The van der Waals surface area contributed by atoms with Gasteiger partial charge >= 0.3 is 0 Å². The first-order valence-electron chi connectivity index (χ1n) is 9.66. The van der Waals surface area contributed by atoms with Gasteiger partial charge in [0.1, 0.15) is 5.92 Å². The van der Waals surface area contributed by atoms with E-state index in [-0.39, 0.29) is 17.9 Å². The van der Waals surface area contributed by atoms with Crippen molar-refractivity contribution in [1.82, 2.24) is 0 Å². The Labute approximate surface area is 169 Å². The Kier molecular flexibility index (Phi) is 4.18. The first-order valence-corrected chi connectivity index (χ1v) is 9.66. The Morgan fingerprint density at radius 3 is 2.07 bits per heavy atom. The van der Waals surface area contributed by atoms with Gasteiger partial charge in [-0.2, -0.15) is 0 Å². The van der Waals surface area contributed by atoms with E-state index >= 15 is 0 Å². The van der Waals surface area contributed by atoms with Crippen LogP contribution in [0.1, 0.15) is 17.2 Å². The number of benzene rings is 3.